The minimum Gasteiger partial charge on any atom is -0.481 e. The SMILES string of the molecule is CC(C)C1=CC2CC3(C=O)[C@@H]4CC[C@@H](C)[C@H]4CC2(CO[C@@H]2C[C@@H]4OC(C)(C)O[C@@H]4[C@@H](C)O2)C13C(=O)O. The Morgan fingerprint density at radius 2 is 1.97 bits per heavy atom. The van der Waals surface area contributed by atoms with E-state index in [-0.39, 0.29) is 42.7 Å². The number of aliphatic carboxylic acids is 1. The smallest absolute Gasteiger partial charge is 0.315 e. The Bertz CT molecular complexity index is 988. The van der Waals surface area contributed by atoms with E-state index >= 15 is 0 Å². The van der Waals surface area contributed by atoms with Gasteiger partial charge < -0.3 is 28.8 Å². The summed E-state index contributed by atoms with van der Waals surface area (Å²) in [6, 6.07) is 0. The maximum atomic E-state index is 13.6. The molecule has 2 aliphatic heterocycles. The first-order chi connectivity index (χ1) is 16.9. The van der Waals surface area contributed by atoms with Crippen molar-refractivity contribution in [2.24, 2.45) is 45.8 Å². The molecule has 7 nitrogen and oxygen atoms in total. The maximum absolute atomic E-state index is 13.6. The number of rotatable bonds is 6. The Morgan fingerprint density at radius 3 is 2.64 bits per heavy atom. The van der Waals surface area contributed by atoms with Gasteiger partial charge >= 0.3 is 5.97 Å². The third-order valence-electron chi connectivity index (χ3n) is 11.1. The fourth-order valence-corrected chi connectivity index (χ4v) is 9.99. The fraction of sp³-hybridized carbons (Fsp3) is 0.862. The topological polar surface area (TPSA) is 91.3 Å². The van der Waals surface area contributed by atoms with Crippen LogP contribution in [0.5, 0.6) is 0 Å². The molecule has 36 heavy (non-hydrogen) atoms. The number of carbonyl (C=O) groups is 2. The predicted molar refractivity (Wildman–Crippen MR) is 131 cm³/mol. The summed E-state index contributed by atoms with van der Waals surface area (Å²) in [4.78, 5) is 26.7. The molecule has 0 aromatic carbocycles. The number of carbonyl (C=O) groups excluding carboxylic acids is 1. The zero-order valence-corrected chi connectivity index (χ0v) is 22.5. The minimum atomic E-state index is -1.22. The van der Waals surface area contributed by atoms with Crippen molar-refractivity contribution < 1.29 is 33.6 Å². The van der Waals surface area contributed by atoms with E-state index in [0.717, 1.165) is 31.1 Å². The number of fused-ring (bicyclic) bond motifs is 3. The molecule has 200 valence electrons. The van der Waals surface area contributed by atoms with E-state index < -0.39 is 34.3 Å². The fourth-order valence-electron chi connectivity index (χ4n) is 9.99. The summed E-state index contributed by atoms with van der Waals surface area (Å²) in [5.74, 6) is -0.471. The summed E-state index contributed by atoms with van der Waals surface area (Å²) in [7, 11) is 0. The number of carboxylic acids is 1. The second-order valence-electron chi connectivity index (χ2n) is 13.4. The van der Waals surface area contributed by atoms with Crippen molar-refractivity contribution >= 4 is 12.3 Å². The Hall–Kier alpha value is -1.28. The molecule has 2 heterocycles. The Kier molecular flexibility index (Phi) is 5.47. The van der Waals surface area contributed by atoms with Crippen LogP contribution in [-0.4, -0.2) is 54.4 Å². The zero-order chi connectivity index (χ0) is 25.8. The van der Waals surface area contributed by atoms with Crippen molar-refractivity contribution in [1.29, 1.82) is 0 Å². The van der Waals surface area contributed by atoms with E-state index in [2.05, 4.69) is 26.8 Å². The summed E-state index contributed by atoms with van der Waals surface area (Å²) in [5.41, 5.74) is -1.79. The van der Waals surface area contributed by atoms with Gasteiger partial charge in [0.1, 0.15) is 17.8 Å². The van der Waals surface area contributed by atoms with E-state index in [1.807, 2.05) is 20.8 Å². The number of allylic oxidation sites excluding steroid dienone is 1. The van der Waals surface area contributed by atoms with Crippen LogP contribution in [0.3, 0.4) is 0 Å². The van der Waals surface area contributed by atoms with Gasteiger partial charge in [-0.3, -0.25) is 4.79 Å². The second kappa shape index (κ2) is 7.87. The molecule has 3 saturated carbocycles. The van der Waals surface area contributed by atoms with Gasteiger partial charge in [0.05, 0.1) is 24.2 Å². The molecule has 0 amide bonds. The zero-order valence-electron chi connectivity index (χ0n) is 22.5. The van der Waals surface area contributed by atoms with Crippen molar-refractivity contribution in [2.45, 2.75) is 104 Å². The van der Waals surface area contributed by atoms with E-state index in [1.165, 1.54) is 0 Å². The highest BCUT2D eigenvalue weighted by molar-refractivity contribution is 5.90. The standard InChI is InChI=1S/C29H42O7/c1-15(2)21-9-18-11-27(13-30)20-8-7-16(3)19(20)12-28(18,29(21,27)25(31)32)14-33-23-10-22-24(17(4)34-23)36-26(5,6)35-22/h9,13,15-20,22-24H,7-8,10-12,14H2,1-6H3,(H,31,32)/t16-,17-,18?,19-,20-,22+,23+,24-,27?,28?,29?/m1/s1. The van der Waals surface area contributed by atoms with Crippen LogP contribution in [0.25, 0.3) is 0 Å². The molecule has 0 aromatic rings. The maximum Gasteiger partial charge on any atom is 0.315 e. The number of hydrogen-bond acceptors (Lipinski definition) is 6. The quantitative estimate of drug-likeness (QED) is 0.420. The summed E-state index contributed by atoms with van der Waals surface area (Å²) >= 11 is 0. The van der Waals surface area contributed by atoms with Crippen LogP contribution < -0.4 is 0 Å². The third-order valence-corrected chi connectivity index (χ3v) is 11.1. The van der Waals surface area contributed by atoms with Crippen molar-refractivity contribution in [3.63, 3.8) is 0 Å². The van der Waals surface area contributed by atoms with Crippen LogP contribution in [-0.2, 0) is 28.5 Å². The van der Waals surface area contributed by atoms with Crippen LogP contribution in [0.2, 0.25) is 0 Å². The molecule has 0 radical (unpaired) electrons. The van der Waals surface area contributed by atoms with Gasteiger partial charge in [-0.25, -0.2) is 0 Å². The summed E-state index contributed by atoms with van der Waals surface area (Å²) in [6.45, 7) is 12.5. The van der Waals surface area contributed by atoms with Crippen molar-refractivity contribution in [1.82, 2.24) is 0 Å². The summed E-state index contributed by atoms with van der Waals surface area (Å²) < 4.78 is 25.0. The van der Waals surface area contributed by atoms with Crippen LogP contribution in [0.15, 0.2) is 11.6 Å². The van der Waals surface area contributed by atoms with Crippen molar-refractivity contribution in [2.75, 3.05) is 6.61 Å². The Balaban J connectivity index is 1.37. The molecule has 4 unspecified atom stereocenters. The summed E-state index contributed by atoms with van der Waals surface area (Å²) in [5, 5.41) is 11.1. The molecule has 6 aliphatic rings. The van der Waals surface area contributed by atoms with Gasteiger partial charge in [0.2, 0.25) is 0 Å². The number of hydrogen-bond donors (Lipinski definition) is 1. The highest BCUT2D eigenvalue weighted by atomic mass is 16.8. The first-order valence-corrected chi connectivity index (χ1v) is 14.0. The number of ether oxygens (including phenoxy) is 4. The molecule has 5 fully saturated rings. The average Bonchev–Trinajstić information content (AvgIpc) is 3.47. The first kappa shape index (κ1) is 25.0. The van der Waals surface area contributed by atoms with Gasteiger partial charge in [0.15, 0.2) is 12.1 Å². The van der Waals surface area contributed by atoms with Gasteiger partial charge in [0.25, 0.3) is 0 Å². The van der Waals surface area contributed by atoms with Gasteiger partial charge in [0, 0.05) is 11.8 Å². The van der Waals surface area contributed by atoms with E-state index in [4.69, 9.17) is 18.9 Å². The van der Waals surface area contributed by atoms with Gasteiger partial charge in [-0.2, -0.15) is 0 Å². The van der Waals surface area contributed by atoms with Crippen LogP contribution in [0.4, 0.5) is 0 Å². The Labute approximate surface area is 214 Å². The molecule has 11 atom stereocenters. The normalized spacial score (nSPS) is 52.2. The lowest BCUT2D eigenvalue weighted by molar-refractivity contribution is -0.248. The lowest BCUT2D eigenvalue weighted by Gasteiger charge is -2.58. The van der Waals surface area contributed by atoms with E-state index in [1.54, 1.807) is 0 Å². The van der Waals surface area contributed by atoms with Gasteiger partial charge in [-0.1, -0.05) is 38.8 Å². The average molecular weight is 503 g/mol. The number of carboxylic acid groups (broad SMARTS) is 1. The molecule has 1 N–H and O–H groups in total. The van der Waals surface area contributed by atoms with Crippen LogP contribution in [0.1, 0.15) is 73.6 Å². The molecule has 2 saturated heterocycles. The van der Waals surface area contributed by atoms with Crippen molar-refractivity contribution in [3.05, 3.63) is 11.6 Å². The second-order valence-corrected chi connectivity index (χ2v) is 13.4. The summed E-state index contributed by atoms with van der Waals surface area (Å²) in [6.07, 6.45) is 6.29. The van der Waals surface area contributed by atoms with Gasteiger partial charge in [-0.15, -0.1) is 0 Å². The van der Waals surface area contributed by atoms with Crippen LogP contribution >= 0.6 is 0 Å². The molecule has 4 aliphatic carbocycles. The molecule has 7 heteroatoms. The van der Waals surface area contributed by atoms with E-state index in [0.29, 0.717) is 24.7 Å². The predicted octanol–water partition coefficient (Wildman–Crippen LogP) is 4.58. The van der Waals surface area contributed by atoms with Crippen LogP contribution in [0, 0.1) is 45.8 Å². The molecule has 4 bridgehead atoms. The number of aldehydes is 1. The molecule has 0 spiro atoms. The third kappa shape index (κ3) is 2.89. The highest BCUT2D eigenvalue weighted by Crippen LogP contribution is 2.82. The lowest BCUT2D eigenvalue weighted by atomic mass is 9.43. The molecule has 0 aromatic heterocycles. The monoisotopic (exact) mass is 502 g/mol. The molecular formula is C29H42O7. The lowest BCUT2D eigenvalue weighted by Crippen LogP contribution is -2.63. The largest absolute Gasteiger partial charge is 0.481 e. The van der Waals surface area contributed by atoms with Gasteiger partial charge in [-0.05, 0) is 69.6 Å². The van der Waals surface area contributed by atoms with Crippen molar-refractivity contribution in [3.8, 4) is 0 Å². The molecule has 6 rings (SSSR count). The minimum absolute atomic E-state index is 0.0211. The highest BCUT2D eigenvalue weighted by Gasteiger charge is 2.84. The first-order valence-electron chi connectivity index (χ1n) is 14.0. The molecular weight excluding hydrogens is 460 g/mol. The Morgan fingerprint density at radius 1 is 1.22 bits per heavy atom. The van der Waals surface area contributed by atoms with E-state index in [9.17, 15) is 14.7 Å².